The van der Waals surface area contributed by atoms with E-state index in [-0.39, 0.29) is 6.42 Å². The smallest absolute Gasteiger partial charge is 0.414 e. The number of hydrogen-bond donors (Lipinski definition) is 4. The molecule has 7 heteroatoms. The lowest BCUT2D eigenvalue weighted by Crippen LogP contribution is -2.11. The number of carboxylic acids is 3. The highest BCUT2D eigenvalue weighted by Gasteiger charge is 2.04. The summed E-state index contributed by atoms with van der Waals surface area (Å²) in [5.74, 6) is -4.40. The standard InChI is InChI=1S/C4H9NO2.C2H2O4/c1-5-3-2-4(6)7;3-1(4)2(5)6/h5H,2-3H2,1H3,(H,6,7);(H,3,4)(H,5,6). The summed E-state index contributed by atoms with van der Waals surface area (Å²) in [4.78, 5) is 27.9. The van der Waals surface area contributed by atoms with Crippen LogP contribution in [0.25, 0.3) is 0 Å². The van der Waals surface area contributed by atoms with E-state index in [1.807, 2.05) is 0 Å². The van der Waals surface area contributed by atoms with E-state index in [0.29, 0.717) is 6.54 Å². The molecular weight excluding hydrogens is 182 g/mol. The molecule has 0 fully saturated rings. The minimum absolute atomic E-state index is 0.205. The fourth-order valence-corrected chi connectivity index (χ4v) is 0.232. The minimum atomic E-state index is -1.82. The molecule has 0 unspecified atom stereocenters. The summed E-state index contributed by atoms with van der Waals surface area (Å²) >= 11 is 0. The zero-order valence-electron chi connectivity index (χ0n) is 6.98. The molecule has 0 aromatic rings. The molecule has 0 aliphatic heterocycles. The van der Waals surface area contributed by atoms with E-state index in [1.165, 1.54) is 0 Å². The number of rotatable bonds is 3. The van der Waals surface area contributed by atoms with Crippen molar-refractivity contribution in [1.82, 2.24) is 5.32 Å². The van der Waals surface area contributed by atoms with Crippen LogP contribution in [0.2, 0.25) is 0 Å². The molecule has 0 aromatic heterocycles. The van der Waals surface area contributed by atoms with Crippen molar-refractivity contribution in [3.63, 3.8) is 0 Å². The molecule has 0 heterocycles. The molecule has 0 spiro atoms. The largest absolute Gasteiger partial charge is 0.481 e. The van der Waals surface area contributed by atoms with Crippen LogP contribution >= 0.6 is 0 Å². The number of aliphatic carboxylic acids is 3. The lowest BCUT2D eigenvalue weighted by atomic mass is 10.4. The predicted molar refractivity (Wildman–Crippen MR) is 41.5 cm³/mol. The van der Waals surface area contributed by atoms with Gasteiger partial charge in [-0.3, -0.25) is 4.79 Å². The second-order valence-corrected chi connectivity index (χ2v) is 1.86. The Balaban J connectivity index is 0. The summed E-state index contributed by atoms with van der Waals surface area (Å²) in [7, 11) is 1.73. The van der Waals surface area contributed by atoms with E-state index in [0.717, 1.165) is 0 Å². The Bertz CT molecular complexity index is 178. The van der Waals surface area contributed by atoms with Crippen molar-refractivity contribution in [2.24, 2.45) is 0 Å². The molecule has 13 heavy (non-hydrogen) atoms. The summed E-state index contributed by atoms with van der Waals surface area (Å²) in [6.07, 6.45) is 0.205. The molecule has 4 N–H and O–H groups in total. The normalized spacial score (nSPS) is 8.08. The molecule has 0 atom stereocenters. The van der Waals surface area contributed by atoms with Crippen LogP contribution in [0.1, 0.15) is 6.42 Å². The molecule has 0 aliphatic rings. The molecule has 76 valence electrons. The number of hydrogen-bond acceptors (Lipinski definition) is 4. The molecule has 0 saturated carbocycles. The van der Waals surface area contributed by atoms with Crippen molar-refractivity contribution in [3.05, 3.63) is 0 Å². The zero-order valence-corrected chi connectivity index (χ0v) is 6.98. The van der Waals surface area contributed by atoms with Gasteiger partial charge in [0.2, 0.25) is 0 Å². The Labute approximate surface area is 74.0 Å². The van der Waals surface area contributed by atoms with E-state index < -0.39 is 17.9 Å². The maximum Gasteiger partial charge on any atom is 0.414 e. The van der Waals surface area contributed by atoms with Gasteiger partial charge >= 0.3 is 17.9 Å². The van der Waals surface area contributed by atoms with Crippen molar-refractivity contribution in [2.45, 2.75) is 6.42 Å². The van der Waals surface area contributed by atoms with Crippen LogP contribution in [0.15, 0.2) is 0 Å². The van der Waals surface area contributed by atoms with E-state index in [4.69, 9.17) is 24.9 Å². The van der Waals surface area contributed by atoms with Gasteiger partial charge in [0.1, 0.15) is 0 Å². The topological polar surface area (TPSA) is 124 Å². The van der Waals surface area contributed by atoms with Crippen LogP contribution in [0.3, 0.4) is 0 Å². The van der Waals surface area contributed by atoms with Crippen molar-refractivity contribution >= 4 is 17.9 Å². The summed E-state index contributed by atoms with van der Waals surface area (Å²) in [5.41, 5.74) is 0. The lowest BCUT2D eigenvalue weighted by molar-refractivity contribution is -0.159. The first-order chi connectivity index (χ1) is 5.91. The van der Waals surface area contributed by atoms with Crippen LogP contribution < -0.4 is 5.32 Å². The van der Waals surface area contributed by atoms with Gasteiger partial charge in [-0.1, -0.05) is 0 Å². The number of carboxylic acid groups (broad SMARTS) is 3. The third-order valence-corrected chi connectivity index (χ3v) is 0.772. The van der Waals surface area contributed by atoms with Gasteiger partial charge in [0, 0.05) is 6.54 Å². The minimum Gasteiger partial charge on any atom is -0.481 e. The Hall–Kier alpha value is -1.63. The SMILES string of the molecule is CNCCC(=O)O.O=C(O)C(=O)O. The van der Waals surface area contributed by atoms with E-state index in [2.05, 4.69) is 5.32 Å². The molecule has 0 amide bonds. The highest BCUT2D eigenvalue weighted by molar-refractivity contribution is 6.27. The van der Waals surface area contributed by atoms with E-state index >= 15 is 0 Å². The monoisotopic (exact) mass is 193 g/mol. The number of nitrogens with one attached hydrogen (secondary N) is 1. The van der Waals surface area contributed by atoms with Gasteiger partial charge in [0.05, 0.1) is 6.42 Å². The highest BCUT2D eigenvalue weighted by atomic mass is 16.4. The second kappa shape index (κ2) is 8.47. The van der Waals surface area contributed by atoms with Gasteiger partial charge in [0.15, 0.2) is 0 Å². The first-order valence-corrected chi connectivity index (χ1v) is 3.24. The molecule has 0 aromatic carbocycles. The first kappa shape index (κ1) is 13.9. The lowest BCUT2D eigenvalue weighted by Gasteiger charge is -1.88. The molecule has 7 nitrogen and oxygen atoms in total. The quantitative estimate of drug-likeness (QED) is 0.416. The second-order valence-electron chi connectivity index (χ2n) is 1.86. The van der Waals surface area contributed by atoms with Crippen molar-refractivity contribution in [3.8, 4) is 0 Å². The molecule has 0 bridgehead atoms. The van der Waals surface area contributed by atoms with Gasteiger partial charge in [-0.15, -0.1) is 0 Å². The fraction of sp³-hybridized carbons (Fsp3) is 0.500. The summed E-state index contributed by atoms with van der Waals surface area (Å²) in [6, 6.07) is 0. The van der Waals surface area contributed by atoms with E-state index in [9.17, 15) is 4.79 Å². The number of carbonyl (C=O) groups is 3. The predicted octanol–water partition coefficient (Wildman–Crippen LogP) is -1.16. The maximum absolute atomic E-state index is 9.72. The Morgan fingerprint density at radius 2 is 1.46 bits per heavy atom. The van der Waals surface area contributed by atoms with Crippen molar-refractivity contribution in [1.29, 1.82) is 0 Å². The maximum atomic E-state index is 9.72. The van der Waals surface area contributed by atoms with Crippen LogP contribution in [0.5, 0.6) is 0 Å². The van der Waals surface area contributed by atoms with Crippen LogP contribution in [0.4, 0.5) is 0 Å². The molecule has 0 aliphatic carbocycles. The fourth-order valence-electron chi connectivity index (χ4n) is 0.232. The Morgan fingerprint density at radius 1 is 1.08 bits per heavy atom. The van der Waals surface area contributed by atoms with Gasteiger partial charge in [0.25, 0.3) is 0 Å². The molecule has 0 saturated heterocycles. The van der Waals surface area contributed by atoms with Gasteiger partial charge in [-0.2, -0.15) is 0 Å². The molecule has 0 rings (SSSR count). The summed E-state index contributed by atoms with van der Waals surface area (Å²) in [6.45, 7) is 0.551. The molecule has 0 radical (unpaired) electrons. The first-order valence-electron chi connectivity index (χ1n) is 3.24. The average Bonchev–Trinajstić information content (AvgIpc) is 2.01. The summed E-state index contributed by atoms with van der Waals surface area (Å²) < 4.78 is 0. The Morgan fingerprint density at radius 3 is 1.54 bits per heavy atom. The zero-order chi connectivity index (χ0) is 10.9. The van der Waals surface area contributed by atoms with Gasteiger partial charge < -0.3 is 20.6 Å². The Kier molecular flexibility index (Phi) is 9.07. The van der Waals surface area contributed by atoms with Gasteiger partial charge in [-0.25, -0.2) is 9.59 Å². The van der Waals surface area contributed by atoms with E-state index in [1.54, 1.807) is 7.05 Å². The van der Waals surface area contributed by atoms with Crippen molar-refractivity contribution in [2.75, 3.05) is 13.6 Å². The third kappa shape index (κ3) is 17.9. The summed E-state index contributed by atoms with van der Waals surface area (Å²) in [5, 5.41) is 25.5. The van der Waals surface area contributed by atoms with Crippen molar-refractivity contribution < 1.29 is 29.7 Å². The van der Waals surface area contributed by atoms with Crippen LogP contribution in [0, 0.1) is 0 Å². The highest BCUT2D eigenvalue weighted by Crippen LogP contribution is 1.70. The molecular formula is C6H11NO6. The average molecular weight is 193 g/mol. The van der Waals surface area contributed by atoms with Gasteiger partial charge in [-0.05, 0) is 7.05 Å². The van der Waals surface area contributed by atoms with Crippen LogP contribution in [-0.2, 0) is 14.4 Å². The van der Waals surface area contributed by atoms with Crippen LogP contribution in [-0.4, -0.2) is 46.8 Å². The third-order valence-electron chi connectivity index (χ3n) is 0.772.